The molecule has 8 aromatic rings. The Morgan fingerprint density at radius 1 is 0.411 bits per heavy atom. The van der Waals surface area contributed by atoms with Gasteiger partial charge in [0.2, 0.25) is 0 Å². The molecule has 0 radical (unpaired) electrons. The van der Waals surface area contributed by atoms with Crippen LogP contribution >= 0.6 is 0 Å². The van der Waals surface area contributed by atoms with Crippen molar-refractivity contribution in [1.29, 1.82) is 0 Å². The first-order valence-electron chi connectivity index (χ1n) is 19.5. The van der Waals surface area contributed by atoms with Crippen molar-refractivity contribution in [3.8, 4) is 44.5 Å². The van der Waals surface area contributed by atoms with Crippen LogP contribution in [0.1, 0.15) is 48.1 Å². The molecule has 0 fully saturated rings. The van der Waals surface area contributed by atoms with Crippen molar-refractivity contribution in [2.75, 3.05) is 0 Å². The number of amidine groups is 1. The molecule has 56 heavy (non-hydrogen) atoms. The zero-order valence-corrected chi connectivity index (χ0v) is 31.6. The number of hydrogen-bond acceptors (Lipinski definition) is 2. The van der Waals surface area contributed by atoms with Gasteiger partial charge in [0.05, 0.1) is 11.4 Å². The summed E-state index contributed by atoms with van der Waals surface area (Å²) in [4.78, 5) is 11.2. The fourth-order valence-corrected chi connectivity index (χ4v) is 8.99. The zero-order valence-electron chi connectivity index (χ0n) is 31.6. The summed E-state index contributed by atoms with van der Waals surface area (Å²) in [5.74, 6) is 0.705. The molecule has 0 atom stereocenters. The van der Waals surface area contributed by atoms with E-state index in [2.05, 4.69) is 208 Å². The fraction of sp³-hybridized carbons (Fsp3) is 0.0741. The van der Waals surface area contributed by atoms with Crippen LogP contribution in [0.15, 0.2) is 204 Å². The molecule has 0 saturated heterocycles. The molecule has 0 unspecified atom stereocenters. The summed E-state index contributed by atoms with van der Waals surface area (Å²) < 4.78 is 0. The molecule has 0 spiro atoms. The summed E-state index contributed by atoms with van der Waals surface area (Å²) >= 11 is 0. The van der Waals surface area contributed by atoms with Crippen LogP contribution in [0.2, 0.25) is 0 Å². The summed E-state index contributed by atoms with van der Waals surface area (Å²) in [6, 6.07) is 67.5. The standard InChI is InChI=1S/C54H40N2/c1-54(2)48-31-16-15-26-42(48)44-29-17-30-47(52(44)54)51-41-25-10-9-22-38(41)32-33-46(51)50-35-34-49(43-27-13-11-23-39(43)36-18-5-3-6-19-36)55-53(56-50)45-28-14-12-24-40(45)37-20-7-4-8-21-37/h3-34H,35H2,1-2H3. The predicted octanol–water partition coefficient (Wildman–Crippen LogP) is 13.8. The highest BCUT2D eigenvalue weighted by Crippen LogP contribution is 2.53. The number of hydrogen-bond donors (Lipinski definition) is 0. The molecule has 0 saturated carbocycles. The second kappa shape index (κ2) is 13.7. The van der Waals surface area contributed by atoms with Crippen LogP contribution in [0.4, 0.5) is 0 Å². The first-order valence-corrected chi connectivity index (χ1v) is 19.5. The number of nitrogens with zero attached hydrogens (tertiary/aromatic N) is 2. The van der Waals surface area contributed by atoms with Crippen molar-refractivity contribution in [2.45, 2.75) is 25.7 Å². The topological polar surface area (TPSA) is 24.7 Å². The third kappa shape index (κ3) is 5.65. The number of rotatable bonds is 6. The van der Waals surface area contributed by atoms with Gasteiger partial charge in [-0.25, -0.2) is 9.98 Å². The highest BCUT2D eigenvalue weighted by Gasteiger charge is 2.38. The van der Waals surface area contributed by atoms with E-state index >= 15 is 0 Å². The van der Waals surface area contributed by atoms with Gasteiger partial charge in [-0.15, -0.1) is 0 Å². The van der Waals surface area contributed by atoms with Gasteiger partial charge in [-0.1, -0.05) is 208 Å². The van der Waals surface area contributed by atoms with Crippen molar-refractivity contribution in [1.82, 2.24) is 0 Å². The smallest absolute Gasteiger partial charge is 0.160 e. The summed E-state index contributed by atoms with van der Waals surface area (Å²) in [5, 5.41) is 2.43. The molecule has 10 rings (SSSR count). The summed E-state index contributed by atoms with van der Waals surface area (Å²) in [6.45, 7) is 4.75. The van der Waals surface area contributed by atoms with Crippen LogP contribution in [-0.4, -0.2) is 11.5 Å². The lowest BCUT2D eigenvalue weighted by Gasteiger charge is -2.26. The largest absolute Gasteiger partial charge is 0.232 e. The van der Waals surface area contributed by atoms with E-state index in [1.165, 1.54) is 44.2 Å². The Balaban J connectivity index is 1.23. The Kier molecular flexibility index (Phi) is 8.26. The predicted molar refractivity (Wildman–Crippen MR) is 236 cm³/mol. The van der Waals surface area contributed by atoms with E-state index in [-0.39, 0.29) is 5.41 Å². The van der Waals surface area contributed by atoms with Crippen molar-refractivity contribution in [2.24, 2.45) is 9.98 Å². The lowest BCUT2D eigenvalue weighted by Crippen LogP contribution is -2.17. The highest BCUT2D eigenvalue weighted by molar-refractivity contribution is 6.21. The quantitative estimate of drug-likeness (QED) is 0.164. The number of allylic oxidation sites excluding steroid dienone is 1. The van der Waals surface area contributed by atoms with Gasteiger partial charge in [0.15, 0.2) is 5.84 Å². The van der Waals surface area contributed by atoms with Crippen molar-refractivity contribution < 1.29 is 0 Å². The van der Waals surface area contributed by atoms with Crippen LogP contribution in [0.25, 0.3) is 61.0 Å². The Bertz CT molecular complexity index is 2890. The molecule has 0 aromatic heterocycles. The first-order chi connectivity index (χ1) is 27.6. The van der Waals surface area contributed by atoms with Gasteiger partial charge in [0.1, 0.15) is 0 Å². The van der Waals surface area contributed by atoms with E-state index in [4.69, 9.17) is 9.98 Å². The van der Waals surface area contributed by atoms with Crippen LogP contribution in [0, 0.1) is 0 Å². The van der Waals surface area contributed by atoms with Crippen LogP contribution < -0.4 is 0 Å². The maximum absolute atomic E-state index is 5.66. The lowest BCUT2D eigenvalue weighted by molar-refractivity contribution is 0.662. The molecule has 1 heterocycles. The summed E-state index contributed by atoms with van der Waals surface area (Å²) in [5.41, 5.74) is 17.3. The first kappa shape index (κ1) is 33.7. The van der Waals surface area contributed by atoms with Gasteiger partial charge in [0.25, 0.3) is 0 Å². The van der Waals surface area contributed by atoms with Crippen molar-refractivity contribution in [3.63, 3.8) is 0 Å². The van der Waals surface area contributed by atoms with E-state index in [0.29, 0.717) is 12.3 Å². The average molecular weight is 717 g/mol. The van der Waals surface area contributed by atoms with E-state index in [1.807, 2.05) is 0 Å². The maximum atomic E-state index is 5.66. The molecule has 2 heteroatoms. The normalized spacial score (nSPS) is 14.3. The van der Waals surface area contributed by atoms with Gasteiger partial charge in [0, 0.05) is 28.5 Å². The van der Waals surface area contributed by atoms with Gasteiger partial charge < -0.3 is 0 Å². The molecule has 1 aliphatic heterocycles. The van der Waals surface area contributed by atoms with Gasteiger partial charge >= 0.3 is 0 Å². The molecular weight excluding hydrogens is 677 g/mol. The van der Waals surface area contributed by atoms with E-state index in [0.717, 1.165) is 50.4 Å². The third-order valence-electron chi connectivity index (χ3n) is 11.6. The minimum atomic E-state index is -0.183. The number of fused-ring (bicyclic) bond motifs is 4. The third-order valence-corrected chi connectivity index (χ3v) is 11.6. The average Bonchev–Trinajstić information content (AvgIpc) is 3.36. The molecule has 8 aromatic carbocycles. The van der Waals surface area contributed by atoms with Gasteiger partial charge in [-0.05, 0) is 66.4 Å². The number of benzene rings is 8. The molecule has 0 N–H and O–H groups in total. The van der Waals surface area contributed by atoms with Gasteiger partial charge in [-0.2, -0.15) is 0 Å². The summed E-state index contributed by atoms with van der Waals surface area (Å²) in [7, 11) is 0. The SMILES string of the molecule is CC1(C)c2ccccc2-c2cccc(-c3c(C4=NC(c5ccccc5-c5ccccc5)=NC(c5ccccc5-c5ccccc5)=CC4)ccc4ccccc34)c21. The zero-order chi connectivity index (χ0) is 37.6. The number of aliphatic imine (C=N–C) groups is 2. The van der Waals surface area contributed by atoms with Crippen LogP contribution in [0.3, 0.4) is 0 Å². The molecular formula is C54H40N2. The van der Waals surface area contributed by atoms with Crippen LogP contribution in [0.5, 0.6) is 0 Å². The Hall–Kier alpha value is -6.90. The lowest BCUT2D eigenvalue weighted by atomic mass is 9.77. The molecule has 0 bridgehead atoms. The monoisotopic (exact) mass is 716 g/mol. The van der Waals surface area contributed by atoms with Crippen molar-refractivity contribution >= 4 is 28.0 Å². The van der Waals surface area contributed by atoms with E-state index in [1.54, 1.807) is 0 Å². The van der Waals surface area contributed by atoms with Crippen LogP contribution in [-0.2, 0) is 5.41 Å². The minimum Gasteiger partial charge on any atom is -0.232 e. The fourth-order valence-electron chi connectivity index (χ4n) is 8.99. The highest BCUT2D eigenvalue weighted by atomic mass is 14.9. The Labute approximate surface area is 328 Å². The minimum absolute atomic E-state index is 0.183. The molecule has 1 aliphatic carbocycles. The Morgan fingerprint density at radius 2 is 0.964 bits per heavy atom. The molecule has 2 nitrogen and oxygen atoms in total. The second-order valence-corrected chi connectivity index (χ2v) is 15.2. The van der Waals surface area contributed by atoms with Gasteiger partial charge in [-0.3, -0.25) is 0 Å². The Morgan fingerprint density at radius 3 is 1.70 bits per heavy atom. The second-order valence-electron chi connectivity index (χ2n) is 15.2. The molecule has 0 amide bonds. The molecule has 266 valence electrons. The summed E-state index contributed by atoms with van der Waals surface area (Å²) in [6.07, 6.45) is 2.90. The van der Waals surface area contributed by atoms with Crippen molar-refractivity contribution in [3.05, 3.63) is 222 Å². The molecule has 2 aliphatic rings. The van der Waals surface area contributed by atoms with E-state index < -0.39 is 0 Å². The van der Waals surface area contributed by atoms with E-state index in [9.17, 15) is 0 Å². The maximum Gasteiger partial charge on any atom is 0.160 e.